The van der Waals surface area contributed by atoms with E-state index < -0.39 is 6.04 Å². The van der Waals surface area contributed by atoms with Crippen molar-refractivity contribution < 1.29 is 14.4 Å². The van der Waals surface area contributed by atoms with Crippen molar-refractivity contribution >= 4 is 39.3 Å². The summed E-state index contributed by atoms with van der Waals surface area (Å²) in [5, 5.41) is 6.77. The Bertz CT molecular complexity index is 692. The first kappa shape index (κ1) is 17.9. The van der Waals surface area contributed by atoms with E-state index in [0.29, 0.717) is 18.5 Å². The van der Waals surface area contributed by atoms with Gasteiger partial charge < -0.3 is 10.2 Å². The number of hydrogen-bond acceptors (Lipinski definition) is 4. The van der Waals surface area contributed by atoms with Gasteiger partial charge in [0, 0.05) is 41.7 Å². The van der Waals surface area contributed by atoms with Crippen LogP contribution in [0.15, 0.2) is 18.2 Å². The highest BCUT2D eigenvalue weighted by molar-refractivity contribution is 9.09. The largest absolute Gasteiger partial charge is 0.385 e. The number of imide groups is 1. The average molecular weight is 408 g/mol. The van der Waals surface area contributed by atoms with Gasteiger partial charge in [-0.1, -0.05) is 28.4 Å². The molecule has 1 saturated heterocycles. The molecule has 2 aliphatic heterocycles. The van der Waals surface area contributed by atoms with E-state index >= 15 is 0 Å². The van der Waals surface area contributed by atoms with Crippen LogP contribution in [0.2, 0.25) is 0 Å². The van der Waals surface area contributed by atoms with Crippen molar-refractivity contribution in [2.45, 2.75) is 44.7 Å². The van der Waals surface area contributed by atoms with Crippen molar-refractivity contribution in [1.82, 2.24) is 10.2 Å². The van der Waals surface area contributed by atoms with E-state index in [1.807, 2.05) is 12.1 Å². The molecule has 2 N–H and O–H groups in total. The first-order chi connectivity index (χ1) is 12.1. The van der Waals surface area contributed by atoms with Gasteiger partial charge in [-0.25, -0.2) is 0 Å². The van der Waals surface area contributed by atoms with E-state index in [-0.39, 0.29) is 24.1 Å². The second-order valence-electron chi connectivity index (χ2n) is 6.41. The molecule has 1 aromatic carbocycles. The molecule has 0 saturated carbocycles. The summed E-state index contributed by atoms with van der Waals surface area (Å²) in [6.45, 7) is 1.26. The van der Waals surface area contributed by atoms with Crippen LogP contribution in [0.25, 0.3) is 0 Å². The molecule has 134 valence electrons. The third-order valence-corrected chi connectivity index (χ3v) is 5.27. The molecule has 1 aromatic rings. The van der Waals surface area contributed by atoms with Gasteiger partial charge in [0.05, 0.1) is 0 Å². The van der Waals surface area contributed by atoms with Gasteiger partial charge in [-0.15, -0.1) is 0 Å². The molecule has 25 heavy (non-hydrogen) atoms. The normalized spacial score (nSPS) is 19.8. The van der Waals surface area contributed by atoms with Gasteiger partial charge in [0.15, 0.2) is 0 Å². The predicted molar refractivity (Wildman–Crippen MR) is 98.6 cm³/mol. The molecule has 0 radical (unpaired) electrons. The lowest BCUT2D eigenvalue weighted by atomic mass is 10.0. The van der Waals surface area contributed by atoms with Crippen LogP contribution in [-0.2, 0) is 16.1 Å². The van der Waals surface area contributed by atoms with Crippen molar-refractivity contribution in [3.63, 3.8) is 0 Å². The second-order valence-corrected chi connectivity index (χ2v) is 7.20. The van der Waals surface area contributed by atoms with E-state index in [1.54, 1.807) is 11.0 Å². The number of nitrogens with one attached hydrogen (secondary N) is 2. The fourth-order valence-electron chi connectivity index (χ4n) is 3.37. The molecule has 2 heterocycles. The summed E-state index contributed by atoms with van der Waals surface area (Å²) in [4.78, 5) is 37.7. The smallest absolute Gasteiger partial charge is 0.255 e. The molecular formula is C18H22BrN3O3. The molecule has 0 aliphatic carbocycles. The van der Waals surface area contributed by atoms with Crippen molar-refractivity contribution in [2.24, 2.45) is 0 Å². The Balaban J connectivity index is 1.69. The number of unbranched alkanes of at least 4 members (excludes halogenated alkanes) is 2. The number of benzene rings is 1. The second kappa shape index (κ2) is 7.99. The maximum Gasteiger partial charge on any atom is 0.255 e. The number of anilines is 1. The zero-order valence-electron chi connectivity index (χ0n) is 14.0. The van der Waals surface area contributed by atoms with Crippen molar-refractivity contribution in [1.29, 1.82) is 0 Å². The van der Waals surface area contributed by atoms with Crippen molar-refractivity contribution in [3.05, 3.63) is 29.3 Å². The van der Waals surface area contributed by atoms with Crippen LogP contribution in [-0.4, -0.2) is 40.5 Å². The Hall–Kier alpha value is -1.89. The molecule has 0 spiro atoms. The number of amides is 3. The van der Waals surface area contributed by atoms with Crippen LogP contribution in [0.5, 0.6) is 0 Å². The van der Waals surface area contributed by atoms with E-state index in [2.05, 4.69) is 26.6 Å². The van der Waals surface area contributed by atoms with Crippen LogP contribution in [0.3, 0.4) is 0 Å². The molecule has 6 nitrogen and oxygen atoms in total. The highest BCUT2D eigenvalue weighted by atomic mass is 79.9. The number of carbonyl (C=O) groups is 3. The van der Waals surface area contributed by atoms with E-state index in [4.69, 9.17) is 0 Å². The third-order valence-electron chi connectivity index (χ3n) is 4.71. The number of alkyl halides is 1. The Morgan fingerprint density at radius 1 is 1.20 bits per heavy atom. The standard InChI is InChI=1S/C18H22BrN3O3/c19-9-2-1-3-10-20-14-6-4-5-12-13(14)11-22(18(12)25)15-7-8-16(23)21-17(15)24/h4-6,15,20H,1-3,7-11H2,(H,21,23,24). The number of nitrogens with zero attached hydrogens (tertiary/aromatic N) is 1. The van der Waals surface area contributed by atoms with Gasteiger partial charge in [-0.2, -0.15) is 0 Å². The van der Waals surface area contributed by atoms with Crippen LogP contribution >= 0.6 is 15.9 Å². The number of fused-ring (bicyclic) bond motifs is 1. The Kier molecular flexibility index (Phi) is 5.73. The van der Waals surface area contributed by atoms with Gasteiger partial charge in [0.2, 0.25) is 11.8 Å². The maximum absolute atomic E-state index is 12.7. The molecule has 0 aromatic heterocycles. The summed E-state index contributed by atoms with van der Waals surface area (Å²) in [6, 6.07) is 5.08. The highest BCUT2D eigenvalue weighted by Crippen LogP contribution is 2.32. The van der Waals surface area contributed by atoms with E-state index in [1.165, 1.54) is 0 Å². The summed E-state index contributed by atoms with van der Waals surface area (Å²) in [7, 11) is 0. The number of hydrogen-bond donors (Lipinski definition) is 2. The molecule has 1 fully saturated rings. The molecule has 2 aliphatic rings. The third kappa shape index (κ3) is 3.86. The topological polar surface area (TPSA) is 78.5 Å². The van der Waals surface area contributed by atoms with Gasteiger partial charge >= 0.3 is 0 Å². The summed E-state index contributed by atoms with van der Waals surface area (Å²) >= 11 is 3.43. The summed E-state index contributed by atoms with van der Waals surface area (Å²) in [5.41, 5.74) is 2.55. The van der Waals surface area contributed by atoms with Crippen molar-refractivity contribution in [3.8, 4) is 0 Å². The number of piperidine rings is 1. The summed E-state index contributed by atoms with van der Waals surface area (Å²) < 4.78 is 0. The van der Waals surface area contributed by atoms with Gasteiger partial charge in [0.25, 0.3) is 5.91 Å². The van der Waals surface area contributed by atoms with Gasteiger partial charge in [-0.3, -0.25) is 19.7 Å². The Labute approximate surface area is 155 Å². The minimum Gasteiger partial charge on any atom is -0.385 e. The van der Waals surface area contributed by atoms with Crippen LogP contribution < -0.4 is 10.6 Å². The predicted octanol–water partition coefficient (Wildman–Crippen LogP) is 2.42. The minimum absolute atomic E-state index is 0.132. The zero-order valence-corrected chi connectivity index (χ0v) is 15.6. The fraction of sp³-hybridized carbons (Fsp3) is 0.500. The molecule has 3 amide bonds. The average Bonchev–Trinajstić information content (AvgIpc) is 2.92. The Morgan fingerprint density at radius 2 is 2.04 bits per heavy atom. The van der Waals surface area contributed by atoms with Crippen LogP contribution in [0, 0.1) is 0 Å². The number of halogens is 1. The summed E-state index contributed by atoms with van der Waals surface area (Å²) in [6.07, 6.45) is 4.03. The molecule has 1 atom stereocenters. The van der Waals surface area contributed by atoms with Gasteiger partial charge in [0.1, 0.15) is 6.04 Å². The van der Waals surface area contributed by atoms with Crippen LogP contribution in [0.1, 0.15) is 48.0 Å². The molecular weight excluding hydrogens is 386 g/mol. The fourth-order valence-corrected chi connectivity index (χ4v) is 3.77. The van der Waals surface area contributed by atoms with E-state index in [9.17, 15) is 14.4 Å². The minimum atomic E-state index is -0.565. The monoisotopic (exact) mass is 407 g/mol. The Morgan fingerprint density at radius 3 is 2.80 bits per heavy atom. The highest BCUT2D eigenvalue weighted by Gasteiger charge is 2.39. The van der Waals surface area contributed by atoms with Crippen molar-refractivity contribution in [2.75, 3.05) is 17.2 Å². The summed E-state index contributed by atoms with van der Waals surface area (Å²) in [5.74, 6) is -0.773. The van der Waals surface area contributed by atoms with Gasteiger partial charge in [-0.05, 0) is 31.4 Å². The zero-order chi connectivity index (χ0) is 17.8. The molecule has 0 bridgehead atoms. The molecule has 3 rings (SSSR count). The lowest BCUT2D eigenvalue weighted by Crippen LogP contribution is -2.52. The number of carbonyl (C=O) groups excluding carboxylic acids is 3. The van der Waals surface area contributed by atoms with Crippen LogP contribution in [0.4, 0.5) is 5.69 Å². The quantitative estimate of drug-likeness (QED) is 0.413. The molecule has 1 unspecified atom stereocenters. The maximum atomic E-state index is 12.7. The first-order valence-corrected chi connectivity index (χ1v) is 9.80. The lowest BCUT2D eigenvalue weighted by Gasteiger charge is -2.29. The number of rotatable bonds is 7. The lowest BCUT2D eigenvalue weighted by molar-refractivity contribution is -0.136. The SMILES string of the molecule is O=C1CCC(N2Cc3c(NCCCCCBr)cccc3C2=O)C(=O)N1. The first-order valence-electron chi connectivity index (χ1n) is 8.68. The molecule has 7 heteroatoms. The van der Waals surface area contributed by atoms with E-state index in [0.717, 1.165) is 42.4 Å².